The van der Waals surface area contributed by atoms with Crippen LogP contribution in [0.4, 0.5) is 0 Å². The molecule has 0 amide bonds. The number of ether oxygens (including phenoxy) is 3. The third-order valence-electron chi connectivity index (χ3n) is 5.75. The SMILES string of the molecule is COc1c2c(cc3c1[C@H](CC(=O)c1ccc(C)cc1C)[NH+](C)CC3)OCO2. The van der Waals surface area contributed by atoms with Crippen molar-refractivity contribution < 1.29 is 23.9 Å². The summed E-state index contributed by atoms with van der Waals surface area (Å²) in [5.41, 5.74) is 5.29. The minimum absolute atomic E-state index is 0.0337. The Bertz CT molecular complexity index is 906. The summed E-state index contributed by atoms with van der Waals surface area (Å²) in [6.45, 7) is 5.23. The Morgan fingerprint density at radius 2 is 2.07 bits per heavy atom. The van der Waals surface area contributed by atoms with Gasteiger partial charge in [0, 0.05) is 12.0 Å². The molecule has 0 radical (unpaired) electrons. The molecule has 0 aromatic heterocycles. The number of methoxy groups -OCH3 is 1. The Labute approximate surface area is 159 Å². The molecule has 2 atom stereocenters. The summed E-state index contributed by atoms with van der Waals surface area (Å²) in [7, 11) is 3.80. The number of Topliss-reactive ketones (excluding diaryl/α,β-unsaturated/α-hetero) is 1. The van der Waals surface area contributed by atoms with E-state index < -0.39 is 0 Å². The number of fused-ring (bicyclic) bond motifs is 2. The van der Waals surface area contributed by atoms with E-state index in [0.717, 1.165) is 41.2 Å². The maximum absolute atomic E-state index is 13.1. The third-order valence-corrected chi connectivity index (χ3v) is 5.75. The average Bonchev–Trinajstić information content (AvgIpc) is 3.10. The fourth-order valence-electron chi connectivity index (χ4n) is 4.32. The average molecular weight is 368 g/mol. The van der Waals surface area contributed by atoms with Gasteiger partial charge in [0.2, 0.25) is 12.5 Å². The maximum Gasteiger partial charge on any atom is 0.231 e. The zero-order chi connectivity index (χ0) is 19.1. The quantitative estimate of drug-likeness (QED) is 0.842. The van der Waals surface area contributed by atoms with Gasteiger partial charge in [-0.05, 0) is 31.0 Å². The van der Waals surface area contributed by atoms with Crippen molar-refractivity contribution in [3.8, 4) is 17.2 Å². The number of benzene rings is 2. The fourth-order valence-corrected chi connectivity index (χ4v) is 4.32. The fraction of sp³-hybridized carbons (Fsp3) is 0.409. The molecule has 0 fully saturated rings. The minimum Gasteiger partial charge on any atom is -0.492 e. The smallest absolute Gasteiger partial charge is 0.231 e. The van der Waals surface area contributed by atoms with Gasteiger partial charge in [-0.25, -0.2) is 0 Å². The molecule has 0 saturated carbocycles. The zero-order valence-corrected chi connectivity index (χ0v) is 16.3. The van der Waals surface area contributed by atoms with Gasteiger partial charge in [0.25, 0.3) is 0 Å². The lowest BCUT2D eigenvalue weighted by molar-refractivity contribution is -0.913. The number of carbonyl (C=O) groups excluding carboxylic acids is 1. The normalized spacial score (nSPS) is 20.3. The summed E-state index contributed by atoms with van der Waals surface area (Å²) in [5.74, 6) is 2.29. The number of ketones is 1. The van der Waals surface area contributed by atoms with Gasteiger partial charge < -0.3 is 19.1 Å². The van der Waals surface area contributed by atoms with Crippen LogP contribution in [0.15, 0.2) is 24.3 Å². The van der Waals surface area contributed by atoms with Crippen LogP contribution in [0, 0.1) is 13.8 Å². The first kappa shape index (κ1) is 17.9. The van der Waals surface area contributed by atoms with Gasteiger partial charge in [-0.15, -0.1) is 0 Å². The van der Waals surface area contributed by atoms with Crippen molar-refractivity contribution in [2.24, 2.45) is 0 Å². The first-order valence-electron chi connectivity index (χ1n) is 9.41. The topological polar surface area (TPSA) is 49.2 Å². The Hall–Kier alpha value is -2.53. The molecule has 27 heavy (non-hydrogen) atoms. The van der Waals surface area contributed by atoms with Crippen molar-refractivity contribution in [2.75, 3.05) is 27.5 Å². The van der Waals surface area contributed by atoms with Crippen LogP contribution >= 0.6 is 0 Å². The van der Waals surface area contributed by atoms with E-state index in [1.807, 2.05) is 26.0 Å². The van der Waals surface area contributed by atoms with Crippen molar-refractivity contribution in [1.29, 1.82) is 0 Å². The number of rotatable bonds is 4. The van der Waals surface area contributed by atoms with E-state index in [-0.39, 0.29) is 18.6 Å². The Balaban J connectivity index is 1.73. The van der Waals surface area contributed by atoms with Gasteiger partial charge in [0.1, 0.15) is 6.04 Å². The molecule has 0 bridgehead atoms. The second-order valence-electron chi connectivity index (χ2n) is 7.56. The van der Waals surface area contributed by atoms with Gasteiger partial charge in [-0.2, -0.15) is 0 Å². The minimum atomic E-state index is 0.0337. The van der Waals surface area contributed by atoms with E-state index in [2.05, 4.69) is 19.2 Å². The summed E-state index contributed by atoms with van der Waals surface area (Å²) in [4.78, 5) is 14.4. The van der Waals surface area contributed by atoms with E-state index >= 15 is 0 Å². The molecular formula is C22H26NO4+. The lowest BCUT2D eigenvalue weighted by atomic mass is 9.87. The predicted molar refractivity (Wildman–Crippen MR) is 102 cm³/mol. The van der Waals surface area contributed by atoms with Gasteiger partial charge in [0.05, 0.1) is 32.7 Å². The van der Waals surface area contributed by atoms with Crippen molar-refractivity contribution >= 4 is 5.78 Å². The van der Waals surface area contributed by atoms with Crippen LogP contribution in [0.25, 0.3) is 0 Å². The Kier molecular flexibility index (Phi) is 4.56. The highest BCUT2D eigenvalue weighted by molar-refractivity contribution is 5.98. The van der Waals surface area contributed by atoms with E-state index in [0.29, 0.717) is 12.2 Å². The summed E-state index contributed by atoms with van der Waals surface area (Å²) in [6, 6.07) is 8.11. The monoisotopic (exact) mass is 368 g/mol. The van der Waals surface area contributed by atoms with Crippen LogP contribution in [0.1, 0.15) is 45.1 Å². The van der Waals surface area contributed by atoms with E-state index in [1.165, 1.54) is 16.0 Å². The van der Waals surface area contributed by atoms with Crippen molar-refractivity contribution in [3.63, 3.8) is 0 Å². The first-order valence-corrected chi connectivity index (χ1v) is 9.41. The lowest BCUT2D eigenvalue weighted by Crippen LogP contribution is -3.10. The van der Waals surface area contributed by atoms with Crippen LogP contribution < -0.4 is 19.1 Å². The lowest BCUT2D eigenvalue weighted by Gasteiger charge is -2.32. The highest BCUT2D eigenvalue weighted by Gasteiger charge is 2.37. The number of nitrogens with one attached hydrogen (secondary N) is 1. The van der Waals surface area contributed by atoms with Crippen LogP contribution in [0.5, 0.6) is 17.2 Å². The number of hydrogen-bond acceptors (Lipinski definition) is 4. The summed E-state index contributed by atoms with van der Waals surface area (Å²) >= 11 is 0. The van der Waals surface area contributed by atoms with Gasteiger partial charge in [-0.1, -0.05) is 23.8 Å². The maximum atomic E-state index is 13.1. The first-order chi connectivity index (χ1) is 13.0. The molecule has 2 aromatic carbocycles. The van der Waals surface area contributed by atoms with Crippen LogP contribution in [0.3, 0.4) is 0 Å². The molecule has 0 spiro atoms. The summed E-state index contributed by atoms with van der Waals surface area (Å²) in [5, 5.41) is 0. The highest BCUT2D eigenvalue weighted by atomic mass is 16.7. The molecule has 0 saturated heterocycles. The number of quaternary nitrogens is 1. The molecule has 2 aliphatic heterocycles. The number of aryl methyl sites for hydroxylation is 2. The summed E-state index contributed by atoms with van der Waals surface area (Å²) in [6.07, 6.45) is 1.38. The van der Waals surface area contributed by atoms with Gasteiger partial charge >= 0.3 is 0 Å². The van der Waals surface area contributed by atoms with E-state index in [1.54, 1.807) is 7.11 Å². The molecule has 5 heteroatoms. The molecule has 142 valence electrons. The molecule has 2 aliphatic rings. The van der Waals surface area contributed by atoms with E-state index in [9.17, 15) is 4.79 Å². The van der Waals surface area contributed by atoms with Crippen LogP contribution in [-0.4, -0.2) is 33.3 Å². The van der Waals surface area contributed by atoms with Gasteiger partial charge in [-0.3, -0.25) is 4.79 Å². The predicted octanol–water partition coefficient (Wildman–Crippen LogP) is 2.43. The number of likely N-dealkylation sites (N-methyl/N-ethyl adjacent to an activating group) is 1. The Morgan fingerprint density at radius 3 is 2.81 bits per heavy atom. The standard InChI is InChI=1S/C22H25NO4/c1-13-5-6-16(14(2)9-13)18(24)11-17-20-15(7-8-23(17)3)10-19-21(22(20)25-4)27-12-26-19/h5-6,9-10,17H,7-8,11-12H2,1-4H3/p+1/t17-/m0/s1. The van der Waals surface area contributed by atoms with E-state index in [4.69, 9.17) is 14.2 Å². The molecule has 0 aliphatic carbocycles. The summed E-state index contributed by atoms with van der Waals surface area (Å²) < 4.78 is 17.0. The molecule has 2 aromatic rings. The van der Waals surface area contributed by atoms with Gasteiger partial charge in [0.15, 0.2) is 17.3 Å². The molecule has 2 heterocycles. The van der Waals surface area contributed by atoms with Crippen molar-refractivity contribution in [1.82, 2.24) is 0 Å². The molecule has 1 unspecified atom stereocenters. The Morgan fingerprint density at radius 1 is 1.26 bits per heavy atom. The largest absolute Gasteiger partial charge is 0.492 e. The van der Waals surface area contributed by atoms with Crippen LogP contribution in [0.2, 0.25) is 0 Å². The van der Waals surface area contributed by atoms with Crippen molar-refractivity contribution in [2.45, 2.75) is 32.7 Å². The molecule has 1 N–H and O–H groups in total. The second-order valence-corrected chi connectivity index (χ2v) is 7.56. The molecule has 4 rings (SSSR count). The zero-order valence-electron chi connectivity index (χ0n) is 16.3. The van der Waals surface area contributed by atoms with Crippen molar-refractivity contribution in [3.05, 3.63) is 52.1 Å². The number of hydrogen-bond donors (Lipinski definition) is 1. The second kappa shape index (κ2) is 6.89. The number of carbonyl (C=O) groups is 1. The molecule has 5 nitrogen and oxygen atoms in total. The highest BCUT2D eigenvalue weighted by Crippen LogP contribution is 2.47. The molecular weight excluding hydrogens is 342 g/mol. The third kappa shape index (κ3) is 3.06. The van der Waals surface area contributed by atoms with Crippen LogP contribution in [-0.2, 0) is 6.42 Å².